The lowest BCUT2D eigenvalue weighted by Crippen LogP contribution is -2.33. The minimum Gasteiger partial charge on any atom is -0.373 e. The van der Waals surface area contributed by atoms with Crippen molar-refractivity contribution in [2.45, 2.75) is 46.1 Å². The molecule has 0 bridgehead atoms. The predicted molar refractivity (Wildman–Crippen MR) is 75.8 cm³/mol. The lowest BCUT2D eigenvalue weighted by atomic mass is 10.1. The summed E-state index contributed by atoms with van der Waals surface area (Å²) >= 11 is 0. The van der Waals surface area contributed by atoms with E-state index in [0.717, 1.165) is 12.4 Å². The number of anilines is 2. The largest absolute Gasteiger partial charge is 0.373 e. The lowest BCUT2D eigenvalue weighted by molar-refractivity contribution is 0.595. The molecule has 3 nitrogen and oxygen atoms in total. The number of hydrogen-bond donors (Lipinski definition) is 1. The molecular formula is C14H25N3. The molecule has 0 saturated heterocycles. The summed E-state index contributed by atoms with van der Waals surface area (Å²) in [6, 6.07) is 4.80. The fourth-order valence-electron chi connectivity index (χ4n) is 1.89. The van der Waals surface area contributed by atoms with Crippen molar-refractivity contribution in [2.24, 2.45) is 0 Å². The number of rotatable bonds is 7. The molecule has 0 aliphatic rings. The fraction of sp³-hybridized carbons (Fsp3) is 0.643. The molecule has 0 fully saturated rings. The molecule has 1 rings (SSSR count). The van der Waals surface area contributed by atoms with E-state index >= 15 is 0 Å². The van der Waals surface area contributed by atoms with E-state index in [4.69, 9.17) is 0 Å². The maximum atomic E-state index is 4.27. The van der Waals surface area contributed by atoms with E-state index in [1.165, 1.54) is 24.9 Å². The highest BCUT2D eigenvalue weighted by atomic mass is 15.2. The van der Waals surface area contributed by atoms with Crippen LogP contribution in [-0.2, 0) is 0 Å². The third-order valence-corrected chi connectivity index (χ3v) is 3.21. The first-order valence-electron chi connectivity index (χ1n) is 6.63. The number of nitrogens with zero attached hydrogens (tertiary/aromatic N) is 2. The molecule has 1 unspecified atom stereocenters. The van der Waals surface area contributed by atoms with Crippen LogP contribution in [0.5, 0.6) is 0 Å². The van der Waals surface area contributed by atoms with Crippen molar-refractivity contribution in [1.82, 2.24) is 4.98 Å². The second-order valence-corrected chi connectivity index (χ2v) is 4.45. The van der Waals surface area contributed by atoms with Crippen LogP contribution in [0.1, 0.15) is 40.0 Å². The van der Waals surface area contributed by atoms with Crippen LogP contribution in [0.15, 0.2) is 18.3 Å². The molecule has 0 amide bonds. The Morgan fingerprint density at radius 2 is 2.18 bits per heavy atom. The van der Waals surface area contributed by atoms with Gasteiger partial charge in [-0.25, -0.2) is 4.98 Å². The summed E-state index contributed by atoms with van der Waals surface area (Å²) in [5, 5.41) is 3.10. The zero-order valence-electron chi connectivity index (χ0n) is 11.5. The molecule has 0 spiro atoms. The van der Waals surface area contributed by atoms with Crippen molar-refractivity contribution in [3.63, 3.8) is 0 Å². The minimum absolute atomic E-state index is 0.577. The Morgan fingerprint density at radius 3 is 2.76 bits per heavy atom. The van der Waals surface area contributed by atoms with Gasteiger partial charge in [-0.2, -0.15) is 0 Å². The van der Waals surface area contributed by atoms with Crippen LogP contribution < -0.4 is 10.2 Å². The van der Waals surface area contributed by atoms with Crippen LogP contribution >= 0.6 is 0 Å². The summed E-state index contributed by atoms with van der Waals surface area (Å²) in [5.74, 6) is 0.937. The van der Waals surface area contributed by atoms with Crippen molar-refractivity contribution < 1.29 is 0 Å². The zero-order valence-corrected chi connectivity index (χ0v) is 11.5. The maximum absolute atomic E-state index is 4.27. The zero-order chi connectivity index (χ0) is 12.7. The van der Waals surface area contributed by atoms with Gasteiger partial charge < -0.3 is 10.2 Å². The first kappa shape index (κ1) is 13.8. The molecule has 0 aromatic carbocycles. The summed E-state index contributed by atoms with van der Waals surface area (Å²) in [6.45, 7) is 7.89. The predicted octanol–water partition coefficient (Wildman–Crippen LogP) is 3.53. The monoisotopic (exact) mass is 235 g/mol. The van der Waals surface area contributed by atoms with Crippen LogP contribution in [0.3, 0.4) is 0 Å². The number of pyridine rings is 1. The number of unbranched alkanes of at least 4 members (excludes halogenated alkanes) is 1. The highest BCUT2D eigenvalue weighted by molar-refractivity contribution is 5.54. The maximum Gasteiger partial charge on any atom is 0.127 e. The third kappa shape index (κ3) is 3.91. The van der Waals surface area contributed by atoms with Crippen LogP contribution in [0.25, 0.3) is 0 Å². The molecule has 3 heteroatoms. The molecule has 0 aliphatic heterocycles. The SMILES string of the molecule is CCCCN(c1ccnc(NC)c1)C(C)CC. The first-order chi connectivity index (χ1) is 8.22. The summed E-state index contributed by atoms with van der Waals surface area (Å²) in [6.07, 6.45) is 5.52. The molecule has 0 radical (unpaired) electrons. The van der Waals surface area contributed by atoms with Crippen LogP contribution in [0.4, 0.5) is 11.5 Å². The molecule has 1 heterocycles. The van der Waals surface area contributed by atoms with Gasteiger partial charge >= 0.3 is 0 Å². The van der Waals surface area contributed by atoms with Gasteiger partial charge in [-0.3, -0.25) is 0 Å². The standard InChI is InChI=1S/C14H25N3/c1-5-7-10-17(12(3)6-2)13-8-9-16-14(11-13)15-4/h8-9,11-12H,5-7,10H2,1-4H3,(H,15,16). The van der Waals surface area contributed by atoms with Gasteiger partial charge in [0.1, 0.15) is 5.82 Å². The van der Waals surface area contributed by atoms with Gasteiger partial charge in [0.2, 0.25) is 0 Å². The third-order valence-electron chi connectivity index (χ3n) is 3.21. The quantitative estimate of drug-likeness (QED) is 0.783. The summed E-state index contributed by atoms with van der Waals surface area (Å²) in [7, 11) is 1.91. The van der Waals surface area contributed by atoms with Crippen molar-refractivity contribution in [2.75, 3.05) is 23.8 Å². The van der Waals surface area contributed by atoms with E-state index in [9.17, 15) is 0 Å². The Morgan fingerprint density at radius 1 is 1.41 bits per heavy atom. The summed E-state index contributed by atoms with van der Waals surface area (Å²) < 4.78 is 0. The smallest absolute Gasteiger partial charge is 0.127 e. The second-order valence-electron chi connectivity index (χ2n) is 4.45. The van der Waals surface area contributed by atoms with E-state index in [2.05, 4.69) is 48.1 Å². The van der Waals surface area contributed by atoms with Crippen molar-refractivity contribution in [1.29, 1.82) is 0 Å². The molecule has 0 saturated carbocycles. The van der Waals surface area contributed by atoms with Gasteiger partial charge in [0.15, 0.2) is 0 Å². The Balaban J connectivity index is 2.86. The topological polar surface area (TPSA) is 28.2 Å². The van der Waals surface area contributed by atoms with Gasteiger partial charge in [0, 0.05) is 37.6 Å². The molecule has 1 aromatic heterocycles. The highest BCUT2D eigenvalue weighted by Crippen LogP contribution is 2.21. The Bertz CT molecular complexity index is 325. The van der Waals surface area contributed by atoms with E-state index in [0.29, 0.717) is 6.04 Å². The first-order valence-corrected chi connectivity index (χ1v) is 6.63. The van der Waals surface area contributed by atoms with E-state index in [1.807, 2.05) is 13.2 Å². The number of hydrogen-bond acceptors (Lipinski definition) is 3. The Hall–Kier alpha value is -1.25. The summed E-state index contributed by atoms with van der Waals surface area (Å²) in [4.78, 5) is 6.75. The molecule has 96 valence electrons. The van der Waals surface area contributed by atoms with Gasteiger partial charge in [-0.05, 0) is 25.8 Å². The van der Waals surface area contributed by atoms with Crippen LogP contribution in [0, 0.1) is 0 Å². The molecule has 1 aromatic rings. The average Bonchev–Trinajstić information content (AvgIpc) is 2.39. The van der Waals surface area contributed by atoms with Crippen molar-refractivity contribution in [3.05, 3.63) is 18.3 Å². The number of aromatic nitrogens is 1. The minimum atomic E-state index is 0.577. The van der Waals surface area contributed by atoms with E-state index in [1.54, 1.807) is 0 Å². The van der Waals surface area contributed by atoms with E-state index in [-0.39, 0.29) is 0 Å². The molecular weight excluding hydrogens is 210 g/mol. The van der Waals surface area contributed by atoms with E-state index < -0.39 is 0 Å². The lowest BCUT2D eigenvalue weighted by Gasteiger charge is -2.31. The normalized spacial score (nSPS) is 12.2. The Kier molecular flexibility index (Phi) is 5.81. The van der Waals surface area contributed by atoms with Crippen LogP contribution in [0.2, 0.25) is 0 Å². The molecule has 1 atom stereocenters. The van der Waals surface area contributed by atoms with Gasteiger partial charge in [-0.1, -0.05) is 20.3 Å². The van der Waals surface area contributed by atoms with Crippen molar-refractivity contribution in [3.8, 4) is 0 Å². The fourth-order valence-corrected chi connectivity index (χ4v) is 1.89. The van der Waals surface area contributed by atoms with Gasteiger partial charge in [-0.15, -0.1) is 0 Å². The molecule has 0 aliphatic carbocycles. The second kappa shape index (κ2) is 7.15. The van der Waals surface area contributed by atoms with Crippen LogP contribution in [-0.4, -0.2) is 24.6 Å². The van der Waals surface area contributed by atoms with Gasteiger partial charge in [0.25, 0.3) is 0 Å². The van der Waals surface area contributed by atoms with Gasteiger partial charge in [0.05, 0.1) is 0 Å². The Labute approximate surface area is 105 Å². The van der Waals surface area contributed by atoms with Crippen molar-refractivity contribution >= 4 is 11.5 Å². The molecule has 1 N–H and O–H groups in total. The average molecular weight is 235 g/mol. The molecule has 17 heavy (non-hydrogen) atoms. The summed E-state index contributed by atoms with van der Waals surface area (Å²) in [5.41, 5.74) is 1.27. The highest BCUT2D eigenvalue weighted by Gasteiger charge is 2.12. The number of nitrogens with one attached hydrogen (secondary N) is 1.